The Balaban J connectivity index is 2.43. The van der Waals surface area contributed by atoms with E-state index in [0.29, 0.717) is 6.42 Å². The second-order valence-electron chi connectivity index (χ2n) is 3.42. The third-order valence-electron chi connectivity index (χ3n) is 2.26. The van der Waals surface area contributed by atoms with E-state index in [4.69, 9.17) is 10.5 Å². The Morgan fingerprint density at radius 2 is 2.12 bits per heavy atom. The normalized spacial score (nSPS) is 11.9. The fourth-order valence-corrected chi connectivity index (χ4v) is 2.36. The standard InChI is InChI=1S/C12H17NO3S/c1-15-10-5-3-4-6-11(10)17-8-7-9(13)12(14)16-2/h3-6,9H,7-8,13H2,1-2H3. The van der Waals surface area contributed by atoms with Crippen LogP contribution in [0.2, 0.25) is 0 Å². The van der Waals surface area contributed by atoms with Crippen LogP contribution in [0.4, 0.5) is 0 Å². The minimum atomic E-state index is -0.554. The zero-order valence-corrected chi connectivity index (χ0v) is 10.8. The van der Waals surface area contributed by atoms with E-state index in [2.05, 4.69) is 4.74 Å². The van der Waals surface area contributed by atoms with Gasteiger partial charge in [0.25, 0.3) is 0 Å². The maximum Gasteiger partial charge on any atom is 0.322 e. The summed E-state index contributed by atoms with van der Waals surface area (Å²) < 4.78 is 9.79. The van der Waals surface area contributed by atoms with Gasteiger partial charge in [0.1, 0.15) is 11.8 Å². The van der Waals surface area contributed by atoms with E-state index in [0.717, 1.165) is 16.4 Å². The molecular weight excluding hydrogens is 238 g/mol. The second kappa shape index (κ2) is 7.19. The molecule has 0 aliphatic rings. The van der Waals surface area contributed by atoms with Crippen molar-refractivity contribution in [3.05, 3.63) is 24.3 Å². The number of nitrogens with two attached hydrogens (primary N) is 1. The molecule has 94 valence electrons. The van der Waals surface area contributed by atoms with Crippen LogP contribution < -0.4 is 10.5 Å². The number of ether oxygens (including phenoxy) is 2. The number of methoxy groups -OCH3 is 2. The van der Waals surface area contributed by atoms with Crippen molar-refractivity contribution in [1.82, 2.24) is 0 Å². The predicted octanol–water partition coefficient (Wildman–Crippen LogP) is 1.68. The van der Waals surface area contributed by atoms with Gasteiger partial charge >= 0.3 is 5.97 Å². The smallest absolute Gasteiger partial charge is 0.322 e. The van der Waals surface area contributed by atoms with Gasteiger partial charge in [0.2, 0.25) is 0 Å². The first-order valence-electron chi connectivity index (χ1n) is 5.28. The molecule has 0 saturated heterocycles. The summed E-state index contributed by atoms with van der Waals surface area (Å²) >= 11 is 1.62. The van der Waals surface area contributed by atoms with Crippen LogP contribution in [0.1, 0.15) is 6.42 Å². The lowest BCUT2D eigenvalue weighted by atomic mass is 10.2. The molecule has 1 atom stereocenters. The molecular formula is C12H17NO3S. The zero-order chi connectivity index (χ0) is 12.7. The summed E-state index contributed by atoms with van der Waals surface area (Å²) in [5, 5.41) is 0. The summed E-state index contributed by atoms with van der Waals surface area (Å²) in [6.45, 7) is 0. The summed E-state index contributed by atoms with van der Waals surface area (Å²) in [5.41, 5.74) is 5.64. The third kappa shape index (κ3) is 4.28. The average Bonchev–Trinajstić information content (AvgIpc) is 2.38. The van der Waals surface area contributed by atoms with Crippen LogP contribution in [0.25, 0.3) is 0 Å². The minimum absolute atomic E-state index is 0.370. The molecule has 0 aliphatic carbocycles. The van der Waals surface area contributed by atoms with E-state index >= 15 is 0 Å². The molecule has 1 unspecified atom stereocenters. The highest BCUT2D eigenvalue weighted by Gasteiger charge is 2.13. The lowest BCUT2D eigenvalue weighted by Gasteiger charge is -2.10. The largest absolute Gasteiger partial charge is 0.496 e. The van der Waals surface area contributed by atoms with Gasteiger partial charge in [-0.3, -0.25) is 4.79 Å². The van der Waals surface area contributed by atoms with Crippen LogP contribution in [0.3, 0.4) is 0 Å². The minimum Gasteiger partial charge on any atom is -0.496 e. The predicted molar refractivity (Wildman–Crippen MR) is 68.3 cm³/mol. The van der Waals surface area contributed by atoms with Crippen molar-refractivity contribution >= 4 is 17.7 Å². The SMILES string of the molecule is COC(=O)C(N)CCSc1ccccc1OC. The molecule has 17 heavy (non-hydrogen) atoms. The molecule has 0 radical (unpaired) electrons. The van der Waals surface area contributed by atoms with Crippen molar-refractivity contribution in [2.24, 2.45) is 5.73 Å². The number of carbonyl (C=O) groups excluding carboxylic acids is 1. The van der Waals surface area contributed by atoms with Crippen molar-refractivity contribution in [3.63, 3.8) is 0 Å². The molecule has 0 saturated carbocycles. The van der Waals surface area contributed by atoms with Gasteiger partial charge in [-0.1, -0.05) is 12.1 Å². The molecule has 2 N–H and O–H groups in total. The number of carbonyl (C=O) groups is 1. The fraction of sp³-hybridized carbons (Fsp3) is 0.417. The molecule has 4 nitrogen and oxygen atoms in total. The van der Waals surface area contributed by atoms with Crippen molar-refractivity contribution in [3.8, 4) is 5.75 Å². The number of hydrogen-bond acceptors (Lipinski definition) is 5. The van der Waals surface area contributed by atoms with Gasteiger partial charge in [-0.15, -0.1) is 11.8 Å². The number of rotatable bonds is 6. The number of benzene rings is 1. The quantitative estimate of drug-likeness (QED) is 0.619. The van der Waals surface area contributed by atoms with Gasteiger partial charge in [-0.2, -0.15) is 0 Å². The lowest BCUT2D eigenvalue weighted by molar-refractivity contribution is -0.142. The van der Waals surface area contributed by atoms with Gasteiger partial charge < -0.3 is 15.2 Å². The highest BCUT2D eigenvalue weighted by atomic mass is 32.2. The number of para-hydroxylation sites is 1. The Labute approximate surface area is 105 Å². The lowest BCUT2D eigenvalue weighted by Crippen LogP contribution is -2.31. The maximum atomic E-state index is 11.1. The number of thioether (sulfide) groups is 1. The molecule has 1 rings (SSSR count). The van der Waals surface area contributed by atoms with E-state index in [-0.39, 0.29) is 5.97 Å². The molecule has 0 amide bonds. The zero-order valence-electron chi connectivity index (χ0n) is 10.0. The summed E-state index contributed by atoms with van der Waals surface area (Å²) in [4.78, 5) is 12.1. The van der Waals surface area contributed by atoms with Crippen LogP contribution in [-0.4, -0.2) is 32.0 Å². The van der Waals surface area contributed by atoms with Crippen LogP contribution >= 0.6 is 11.8 Å². The average molecular weight is 255 g/mol. The monoisotopic (exact) mass is 255 g/mol. The molecule has 0 fully saturated rings. The summed E-state index contributed by atoms with van der Waals surface area (Å²) in [5.74, 6) is 1.21. The van der Waals surface area contributed by atoms with Crippen molar-refractivity contribution in [1.29, 1.82) is 0 Å². The van der Waals surface area contributed by atoms with Gasteiger partial charge in [0.05, 0.1) is 14.2 Å². The van der Waals surface area contributed by atoms with Crippen molar-refractivity contribution < 1.29 is 14.3 Å². The second-order valence-corrected chi connectivity index (χ2v) is 4.55. The summed E-state index contributed by atoms with van der Waals surface area (Å²) in [7, 11) is 2.98. The molecule has 0 bridgehead atoms. The first kappa shape index (κ1) is 13.9. The van der Waals surface area contributed by atoms with Crippen LogP contribution in [0, 0.1) is 0 Å². The highest BCUT2D eigenvalue weighted by molar-refractivity contribution is 7.99. The Kier molecular flexibility index (Phi) is 5.86. The molecule has 0 heterocycles. The molecule has 5 heteroatoms. The molecule has 0 aromatic heterocycles. The molecule has 0 spiro atoms. The molecule has 0 aliphatic heterocycles. The first-order chi connectivity index (χ1) is 8.19. The Morgan fingerprint density at radius 3 is 2.76 bits per heavy atom. The number of hydrogen-bond donors (Lipinski definition) is 1. The molecule has 1 aromatic rings. The topological polar surface area (TPSA) is 61.5 Å². The van der Waals surface area contributed by atoms with Gasteiger partial charge in [0.15, 0.2) is 0 Å². The third-order valence-corrected chi connectivity index (χ3v) is 3.35. The highest BCUT2D eigenvalue weighted by Crippen LogP contribution is 2.29. The summed E-state index contributed by atoms with van der Waals surface area (Å²) in [6, 6.07) is 7.20. The molecule has 1 aromatic carbocycles. The van der Waals surface area contributed by atoms with E-state index in [1.807, 2.05) is 24.3 Å². The Hall–Kier alpha value is -1.20. The van der Waals surface area contributed by atoms with E-state index < -0.39 is 6.04 Å². The van der Waals surface area contributed by atoms with Crippen LogP contribution in [0.15, 0.2) is 29.2 Å². The van der Waals surface area contributed by atoms with Gasteiger partial charge in [-0.25, -0.2) is 0 Å². The Morgan fingerprint density at radius 1 is 1.41 bits per heavy atom. The number of esters is 1. The van der Waals surface area contributed by atoms with E-state index in [9.17, 15) is 4.79 Å². The van der Waals surface area contributed by atoms with Crippen molar-refractivity contribution in [2.75, 3.05) is 20.0 Å². The Bertz CT molecular complexity index is 371. The fourth-order valence-electron chi connectivity index (χ4n) is 1.30. The van der Waals surface area contributed by atoms with Crippen LogP contribution in [0.5, 0.6) is 5.75 Å². The maximum absolute atomic E-state index is 11.1. The van der Waals surface area contributed by atoms with E-state index in [1.54, 1.807) is 18.9 Å². The van der Waals surface area contributed by atoms with E-state index in [1.165, 1.54) is 7.11 Å². The first-order valence-corrected chi connectivity index (χ1v) is 6.26. The summed E-state index contributed by atoms with van der Waals surface area (Å²) in [6.07, 6.45) is 0.579. The van der Waals surface area contributed by atoms with Crippen LogP contribution in [-0.2, 0) is 9.53 Å². The van der Waals surface area contributed by atoms with Crippen molar-refractivity contribution in [2.45, 2.75) is 17.4 Å². The van der Waals surface area contributed by atoms with Gasteiger partial charge in [0, 0.05) is 10.6 Å². The van der Waals surface area contributed by atoms with Gasteiger partial charge in [-0.05, 0) is 18.6 Å².